The molecule has 1 atom stereocenters. The molecule has 3 nitrogen and oxygen atoms in total. The second kappa shape index (κ2) is 9.73. The molecule has 1 aliphatic heterocycles. The fourth-order valence-corrected chi connectivity index (χ4v) is 2.95. The van der Waals surface area contributed by atoms with Crippen LogP contribution >= 0.6 is 0 Å². The van der Waals surface area contributed by atoms with Crippen molar-refractivity contribution in [2.45, 2.75) is 65.5 Å². The minimum atomic E-state index is 0.636. The average molecular weight is 269 g/mol. The highest BCUT2D eigenvalue weighted by Crippen LogP contribution is 2.10. The molecule has 1 rings (SSSR count). The Morgan fingerprint density at radius 1 is 1.11 bits per heavy atom. The lowest BCUT2D eigenvalue weighted by molar-refractivity contribution is 0.0869. The van der Waals surface area contributed by atoms with E-state index in [9.17, 15) is 0 Å². The molecule has 0 amide bonds. The smallest absolute Gasteiger partial charge is 0.0195 e. The van der Waals surface area contributed by atoms with Crippen molar-refractivity contribution in [3.05, 3.63) is 0 Å². The molecule has 3 heteroatoms. The van der Waals surface area contributed by atoms with Crippen molar-refractivity contribution in [1.29, 1.82) is 0 Å². The molecule has 1 fully saturated rings. The number of hydrogen-bond acceptors (Lipinski definition) is 3. The van der Waals surface area contributed by atoms with Crippen LogP contribution in [-0.4, -0.2) is 61.2 Å². The second-order valence-electron chi connectivity index (χ2n) is 6.30. The molecule has 0 aromatic carbocycles. The molecule has 1 heterocycles. The molecule has 0 aromatic heterocycles. The van der Waals surface area contributed by atoms with Crippen molar-refractivity contribution < 1.29 is 0 Å². The van der Waals surface area contributed by atoms with Crippen LogP contribution in [-0.2, 0) is 0 Å². The summed E-state index contributed by atoms with van der Waals surface area (Å²) < 4.78 is 0. The van der Waals surface area contributed by atoms with E-state index >= 15 is 0 Å². The van der Waals surface area contributed by atoms with Crippen LogP contribution in [0.1, 0.15) is 53.4 Å². The fraction of sp³-hybridized carbons (Fsp3) is 1.00. The lowest BCUT2D eigenvalue weighted by Gasteiger charge is -2.39. The average Bonchev–Trinajstić information content (AvgIpc) is 2.37. The first kappa shape index (κ1) is 16.9. The van der Waals surface area contributed by atoms with Crippen molar-refractivity contribution in [3.63, 3.8) is 0 Å². The molecule has 0 saturated carbocycles. The van der Waals surface area contributed by atoms with Gasteiger partial charge in [-0.25, -0.2) is 0 Å². The molecule has 0 spiro atoms. The van der Waals surface area contributed by atoms with Gasteiger partial charge in [-0.2, -0.15) is 0 Å². The summed E-state index contributed by atoms with van der Waals surface area (Å²) in [5.74, 6) is 0. The Kier molecular flexibility index (Phi) is 8.67. The van der Waals surface area contributed by atoms with E-state index in [0.29, 0.717) is 6.04 Å². The van der Waals surface area contributed by atoms with Crippen molar-refractivity contribution in [2.75, 3.05) is 39.3 Å². The summed E-state index contributed by atoms with van der Waals surface area (Å²) >= 11 is 0. The van der Waals surface area contributed by atoms with Gasteiger partial charge in [0.05, 0.1) is 0 Å². The van der Waals surface area contributed by atoms with E-state index in [-0.39, 0.29) is 0 Å². The van der Waals surface area contributed by atoms with Crippen LogP contribution in [0.3, 0.4) is 0 Å². The van der Waals surface area contributed by atoms with Crippen LogP contribution in [0.4, 0.5) is 0 Å². The first-order chi connectivity index (χ1) is 9.13. The minimum absolute atomic E-state index is 0.636. The van der Waals surface area contributed by atoms with Crippen LogP contribution in [0.15, 0.2) is 0 Å². The predicted molar refractivity (Wildman–Crippen MR) is 84.8 cm³/mol. The fourth-order valence-electron chi connectivity index (χ4n) is 2.95. The van der Waals surface area contributed by atoms with Crippen LogP contribution in [0.5, 0.6) is 0 Å². The molecular weight excluding hydrogens is 234 g/mol. The van der Waals surface area contributed by atoms with Crippen LogP contribution in [0, 0.1) is 0 Å². The predicted octanol–water partition coefficient (Wildman–Crippen LogP) is 2.57. The zero-order chi connectivity index (χ0) is 14.1. The van der Waals surface area contributed by atoms with Gasteiger partial charge in [-0.15, -0.1) is 0 Å². The summed E-state index contributed by atoms with van der Waals surface area (Å²) in [6.45, 7) is 16.6. The SMILES string of the molecule is CCN1CCN(CCCCCCNC(C)C)CC1C. The number of unbranched alkanes of at least 4 members (excludes halogenated alkanes) is 3. The van der Waals surface area contributed by atoms with Crippen LogP contribution < -0.4 is 5.32 Å². The normalized spacial score (nSPS) is 22.3. The number of piperazine rings is 1. The molecule has 0 aromatic rings. The third-order valence-electron chi connectivity index (χ3n) is 4.21. The summed E-state index contributed by atoms with van der Waals surface area (Å²) in [5, 5.41) is 3.49. The van der Waals surface area contributed by atoms with E-state index in [0.717, 1.165) is 6.04 Å². The number of hydrogen-bond donors (Lipinski definition) is 1. The maximum absolute atomic E-state index is 3.49. The highest BCUT2D eigenvalue weighted by Gasteiger charge is 2.21. The van der Waals surface area contributed by atoms with Gasteiger partial charge in [0.25, 0.3) is 0 Å². The number of likely N-dealkylation sites (N-methyl/N-ethyl adjacent to an activating group) is 1. The number of rotatable bonds is 9. The van der Waals surface area contributed by atoms with E-state index in [1.54, 1.807) is 0 Å². The van der Waals surface area contributed by atoms with Crippen molar-refractivity contribution in [3.8, 4) is 0 Å². The first-order valence-corrected chi connectivity index (χ1v) is 8.33. The Balaban J connectivity index is 1.95. The van der Waals surface area contributed by atoms with Crippen LogP contribution in [0.2, 0.25) is 0 Å². The molecule has 19 heavy (non-hydrogen) atoms. The summed E-state index contributed by atoms with van der Waals surface area (Å²) in [4.78, 5) is 5.25. The minimum Gasteiger partial charge on any atom is -0.315 e. The highest BCUT2D eigenvalue weighted by molar-refractivity contribution is 4.78. The maximum atomic E-state index is 3.49. The second-order valence-corrected chi connectivity index (χ2v) is 6.30. The largest absolute Gasteiger partial charge is 0.315 e. The molecule has 0 radical (unpaired) electrons. The van der Waals surface area contributed by atoms with Crippen molar-refractivity contribution in [2.24, 2.45) is 0 Å². The third-order valence-corrected chi connectivity index (χ3v) is 4.21. The molecule has 1 saturated heterocycles. The van der Waals surface area contributed by atoms with E-state index in [1.807, 2.05) is 0 Å². The number of nitrogens with one attached hydrogen (secondary N) is 1. The molecular formula is C16H35N3. The molecule has 0 aliphatic carbocycles. The zero-order valence-corrected chi connectivity index (χ0v) is 13.6. The van der Waals surface area contributed by atoms with E-state index in [1.165, 1.54) is 65.0 Å². The molecule has 1 unspecified atom stereocenters. The van der Waals surface area contributed by atoms with E-state index in [4.69, 9.17) is 0 Å². The Labute approximate surface area is 120 Å². The van der Waals surface area contributed by atoms with Gasteiger partial charge >= 0.3 is 0 Å². The van der Waals surface area contributed by atoms with Gasteiger partial charge in [-0.1, -0.05) is 33.6 Å². The van der Waals surface area contributed by atoms with E-state index < -0.39 is 0 Å². The number of nitrogens with zero attached hydrogens (tertiary/aromatic N) is 2. The summed E-state index contributed by atoms with van der Waals surface area (Å²) in [5.41, 5.74) is 0. The zero-order valence-electron chi connectivity index (χ0n) is 13.6. The van der Waals surface area contributed by atoms with Crippen molar-refractivity contribution >= 4 is 0 Å². The Morgan fingerprint density at radius 2 is 1.84 bits per heavy atom. The quantitative estimate of drug-likeness (QED) is 0.649. The highest BCUT2D eigenvalue weighted by atomic mass is 15.3. The summed E-state index contributed by atoms with van der Waals surface area (Å²) in [7, 11) is 0. The van der Waals surface area contributed by atoms with Crippen molar-refractivity contribution in [1.82, 2.24) is 15.1 Å². The molecule has 114 valence electrons. The summed E-state index contributed by atoms with van der Waals surface area (Å²) in [6.07, 6.45) is 5.48. The lowest BCUT2D eigenvalue weighted by atomic mass is 10.1. The Bertz CT molecular complexity index is 218. The van der Waals surface area contributed by atoms with Gasteiger partial charge in [0, 0.05) is 31.7 Å². The van der Waals surface area contributed by atoms with Gasteiger partial charge in [0.1, 0.15) is 0 Å². The van der Waals surface area contributed by atoms with Crippen LogP contribution in [0.25, 0.3) is 0 Å². The molecule has 1 aliphatic rings. The molecule has 0 bridgehead atoms. The Hall–Kier alpha value is -0.120. The lowest BCUT2D eigenvalue weighted by Crippen LogP contribution is -2.51. The monoisotopic (exact) mass is 269 g/mol. The standard InChI is InChI=1S/C16H35N3/c1-5-19-13-12-18(14-16(19)4)11-9-7-6-8-10-17-15(2)3/h15-17H,5-14H2,1-4H3. The van der Waals surface area contributed by atoms with Gasteiger partial charge in [0.2, 0.25) is 0 Å². The maximum Gasteiger partial charge on any atom is 0.0195 e. The van der Waals surface area contributed by atoms with Gasteiger partial charge in [-0.05, 0) is 39.4 Å². The van der Waals surface area contributed by atoms with Gasteiger partial charge in [0.15, 0.2) is 0 Å². The Morgan fingerprint density at radius 3 is 2.47 bits per heavy atom. The van der Waals surface area contributed by atoms with Gasteiger partial charge in [-0.3, -0.25) is 4.90 Å². The van der Waals surface area contributed by atoms with E-state index in [2.05, 4.69) is 42.8 Å². The summed E-state index contributed by atoms with van der Waals surface area (Å²) in [6, 6.07) is 1.38. The first-order valence-electron chi connectivity index (χ1n) is 8.33. The van der Waals surface area contributed by atoms with Gasteiger partial charge < -0.3 is 10.2 Å². The third kappa shape index (κ3) is 7.28. The molecule has 1 N–H and O–H groups in total. The topological polar surface area (TPSA) is 18.5 Å².